The Balaban J connectivity index is 0.00000132. The maximum absolute atomic E-state index is 5.39. The minimum Gasteiger partial charge on any atom is -0.496 e. The molecule has 0 radical (unpaired) electrons. The van der Waals surface area contributed by atoms with Crippen LogP contribution in [-0.4, -0.2) is 44.7 Å². The smallest absolute Gasteiger partial charge is 0.126 e. The summed E-state index contributed by atoms with van der Waals surface area (Å²) in [4.78, 5) is 2.59. The SMILES string of the molecule is COc1ccccc1/C=C/CN1CCC2(CCNCC2)C1.Cl.Cl. The highest BCUT2D eigenvalue weighted by atomic mass is 35.5. The van der Waals surface area contributed by atoms with Crippen molar-refractivity contribution in [3.63, 3.8) is 0 Å². The molecular formula is C18H28Cl2N2O. The van der Waals surface area contributed by atoms with Gasteiger partial charge in [-0.05, 0) is 50.4 Å². The van der Waals surface area contributed by atoms with Gasteiger partial charge in [-0.1, -0.05) is 30.4 Å². The molecule has 2 fully saturated rings. The molecule has 0 bridgehead atoms. The van der Waals surface area contributed by atoms with Crippen molar-refractivity contribution < 1.29 is 4.74 Å². The molecule has 130 valence electrons. The number of nitrogens with one attached hydrogen (secondary N) is 1. The Morgan fingerprint density at radius 3 is 2.65 bits per heavy atom. The first-order chi connectivity index (χ1) is 10.3. The fourth-order valence-electron chi connectivity index (χ4n) is 3.68. The van der Waals surface area contributed by atoms with Gasteiger partial charge in [0.05, 0.1) is 7.11 Å². The number of para-hydroxylation sites is 1. The van der Waals surface area contributed by atoms with E-state index in [-0.39, 0.29) is 24.8 Å². The number of rotatable bonds is 4. The quantitative estimate of drug-likeness (QED) is 0.889. The first kappa shape index (κ1) is 20.3. The summed E-state index contributed by atoms with van der Waals surface area (Å²) in [5.41, 5.74) is 1.76. The van der Waals surface area contributed by atoms with Gasteiger partial charge in [0, 0.05) is 18.7 Å². The summed E-state index contributed by atoms with van der Waals surface area (Å²) >= 11 is 0. The van der Waals surface area contributed by atoms with Crippen molar-refractivity contribution in [2.24, 2.45) is 5.41 Å². The lowest BCUT2D eigenvalue weighted by Crippen LogP contribution is -2.38. The number of halogens is 2. The van der Waals surface area contributed by atoms with Gasteiger partial charge in [0.1, 0.15) is 5.75 Å². The second-order valence-corrected chi connectivity index (χ2v) is 6.38. The molecule has 1 aromatic rings. The third-order valence-corrected chi connectivity index (χ3v) is 4.98. The maximum Gasteiger partial charge on any atom is 0.126 e. The van der Waals surface area contributed by atoms with Crippen LogP contribution in [0.4, 0.5) is 0 Å². The first-order valence-electron chi connectivity index (χ1n) is 8.04. The minimum absolute atomic E-state index is 0. The molecule has 1 spiro atoms. The van der Waals surface area contributed by atoms with Gasteiger partial charge in [0.2, 0.25) is 0 Å². The van der Waals surface area contributed by atoms with E-state index in [2.05, 4.69) is 34.5 Å². The second-order valence-electron chi connectivity index (χ2n) is 6.38. The van der Waals surface area contributed by atoms with E-state index in [1.165, 1.54) is 45.4 Å². The monoisotopic (exact) mass is 358 g/mol. The molecule has 0 aliphatic carbocycles. The molecule has 2 aliphatic rings. The summed E-state index contributed by atoms with van der Waals surface area (Å²) in [6.45, 7) is 5.96. The van der Waals surface area contributed by atoms with E-state index in [9.17, 15) is 0 Å². The zero-order chi connectivity index (χ0) is 14.5. The average Bonchev–Trinajstić information content (AvgIpc) is 2.91. The van der Waals surface area contributed by atoms with Crippen molar-refractivity contribution in [3.8, 4) is 5.75 Å². The number of benzene rings is 1. The van der Waals surface area contributed by atoms with Gasteiger partial charge >= 0.3 is 0 Å². The van der Waals surface area contributed by atoms with Crippen LogP contribution in [0.1, 0.15) is 24.8 Å². The Labute approximate surface area is 152 Å². The van der Waals surface area contributed by atoms with Gasteiger partial charge in [0.15, 0.2) is 0 Å². The predicted octanol–water partition coefficient (Wildman–Crippen LogP) is 3.63. The Kier molecular flexibility index (Phi) is 8.41. The van der Waals surface area contributed by atoms with Gasteiger partial charge < -0.3 is 10.1 Å². The molecule has 0 atom stereocenters. The first-order valence-corrected chi connectivity index (χ1v) is 8.04. The van der Waals surface area contributed by atoms with Crippen molar-refractivity contribution in [3.05, 3.63) is 35.9 Å². The number of hydrogen-bond donors (Lipinski definition) is 1. The van der Waals surface area contributed by atoms with Crippen molar-refractivity contribution in [1.29, 1.82) is 0 Å². The van der Waals surface area contributed by atoms with Crippen LogP contribution in [0.3, 0.4) is 0 Å². The normalized spacial score (nSPS) is 20.2. The standard InChI is InChI=1S/C18H26N2O.2ClH/c1-21-17-7-3-2-5-16(17)6-4-13-20-14-10-18(15-20)8-11-19-12-9-18;;/h2-7,19H,8-15H2,1H3;2*1H/b6-4+;;. The summed E-state index contributed by atoms with van der Waals surface area (Å²) in [5, 5.41) is 3.48. The maximum atomic E-state index is 5.39. The Morgan fingerprint density at radius 1 is 1.17 bits per heavy atom. The number of hydrogen-bond acceptors (Lipinski definition) is 3. The fraction of sp³-hybridized carbons (Fsp3) is 0.556. The van der Waals surface area contributed by atoms with E-state index in [0.29, 0.717) is 5.41 Å². The fourth-order valence-corrected chi connectivity index (χ4v) is 3.68. The highest BCUT2D eigenvalue weighted by Crippen LogP contribution is 2.38. The number of methoxy groups -OCH3 is 1. The molecule has 0 amide bonds. The summed E-state index contributed by atoms with van der Waals surface area (Å²) < 4.78 is 5.39. The van der Waals surface area contributed by atoms with Crippen LogP contribution in [-0.2, 0) is 0 Å². The summed E-state index contributed by atoms with van der Waals surface area (Å²) in [7, 11) is 1.73. The highest BCUT2D eigenvalue weighted by molar-refractivity contribution is 5.85. The van der Waals surface area contributed by atoms with Gasteiger partial charge in [-0.25, -0.2) is 0 Å². The lowest BCUT2D eigenvalue weighted by Gasteiger charge is -2.33. The number of piperidine rings is 1. The molecule has 0 aromatic heterocycles. The predicted molar refractivity (Wildman–Crippen MR) is 102 cm³/mol. The Hall–Kier alpha value is -0.740. The van der Waals surface area contributed by atoms with Crippen LogP contribution in [0.25, 0.3) is 6.08 Å². The molecule has 3 nitrogen and oxygen atoms in total. The molecule has 3 rings (SSSR count). The van der Waals surface area contributed by atoms with Crippen LogP contribution in [0, 0.1) is 5.41 Å². The Morgan fingerprint density at radius 2 is 1.91 bits per heavy atom. The van der Waals surface area contributed by atoms with Gasteiger partial charge in [0.25, 0.3) is 0 Å². The van der Waals surface area contributed by atoms with Crippen LogP contribution < -0.4 is 10.1 Å². The summed E-state index contributed by atoms with van der Waals surface area (Å²) in [6, 6.07) is 8.19. The number of nitrogens with zero attached hydrogens (tertiary/aromatic N) is 1. The van der Waals surface area contributed by atoms with Crippen LogP contribution >= 0.6 is 24.8 Å². The molecule has 2 saturated heterocycles. The molecule has 0 unspecified atom stereocenters. The second kappa shape index (κ2) is 9.53. The lowest BCUT2D eigenvalue weighted by atomic mass is 9.78. The van der Waals surface area contributed by atoms with E-state index in [1.54, 1.807) is 7.11 Å². The van der Waals surface area contributed by atoms with E-state index >= 15 is 0 Å². The number of ether oxygens (including phenoxy) is 1. The van der Waals surface area contributed by atoms with E-state index in [1.807, 2.05) is 12.1 Å². The highest BCUT2D eigenvalue weighted by Gasteiger charge is 2.38. The van der Waals surface area contributed by atoms with Crippen molar-refractivity contribution in [2.75, 3.05) is 39.8 Å². The molecule has 1 N–H and O–H groups in total. The average molecular weight is 359 g/mol. The third kappa shape index (κ3) is 5.12. The van der Waals surface area contributed by atoms with Gasteiger partial charge in [-0.15, -0.1) is 24.8 Å². The van der Waals surface area contributed by atoms with Crippen molar-refractivity contribution >= 4 is 30.9 Å². The van der Waals surface area contributed by atoms with Crippen LogP contribution in [0.2, 0.25) is 0 Å². The van der Waals surface area contributed by atoms with Gasteiger partial charge in [-0.2, -0.15) is 0 Å². The Bertz CT molecular complexity index is 502. The molecule has 23 heavy (non-hydrogen) atoms. The zero-order valence-corrected chi connectivity index (χ0v) is 15.4. The molecule has 5 heteroatoms. The van der Waals surface area contributed by atoms with E-state index in [4.69, 9.17) is 4.74 Å². The number of likely N-dealkylation sites (tertiary alicyclic amines) is 1. The zero-order valence-electron chi connectivity index (χ0n) is 13.8. The van der Waals surface area contributed by atoms with Crippen LogP contribution in [0.5, 0.6) is 5.75 Å². The van der Waals surface area contributed by atoms with Crippen LogP contribution in [0.15, 0.2) is 30.3 Å². The summed E-state index contributed by atoms with van der Waals surface area (Å²) in [6.07, 6.45) is 8.53. The molecule has 0 saturated carbocycles. The van der Waals surface area contributed by atoms with E-state index < -0.39 is 0 Å². The minimum atomic E-state index is 0. The molecule has 1 aromatic carbocycles. The molecule has 2 heterocycles. The largest absolute Gasteiger partial charge is 0.496 e. The molecular weight excluding hydrogens is 331 g/mol. The van der Waals surface area contributed by atoms with E-state index in [0.717, 1.165) is 17.9 Å². The third-order valence-electron chi connectivity index (χ3n) is 4.98. The molecule has 2 aliphatic heterocycles. The van der Waals surface area contributed by atoms with Crippen molar-refractivity contribution in [2.45, 2.75) is 19.3 Å². The topological polar surface area (TPSA) is 24.5 Å². The van der Waals surface area contributed by atoms with Crippen molar-refractivity contribution in [1.82, 2.24) is 10.2 Å². The van der Waals surface area contributed by atoms with Gasteiger partial charge in [-0.3, -0.25) is 4.90 Å². The lowest BCUT2D eigenvalue weighted by molar-refractivity contribution is 0.202. The summed E-state index contributed by atoms with van der Waals surface area (Å²) in [5.74, 6) is 0.949.